The molecule has 0 aromatic heterocycles. The molecule has 2 aliphatic heterocycles. The van der Waals surface area contributed by atoms with Crippen LogP contribution in [0.25, 0.3) is 0 Å². The van der Waals surface area contributed by atoms with Crippen molar-refractivity contribution in [3.05, 3.63) is 107 Å². The van der Waals surface area contributed by atoms with E-state index in [0.717, 1.165) is 41.0 Å². The first-order valence-corrected chi connectivity index (χ1v) is 14.6. The summed E-state index contributed by atoms with van der Waals surface area (Å²) in [5.41, 5.74) is 12.2. The van der Waals surface area contributed by atoms with Crippen molar-refractivity contribution < 1.29 is 14.3 Å². The molecule has 2 amide bonds. The van der Waals surface area contributed by atoms with Gasteiger partial charge in [-0.2, -0.15) is 5.10 Å². The maximum Gasteiger partial charge on any atom is 0.275 e. The Kier molecular flexibility index (Phi) is 7.38. The van der Waals surface area contributed by atoms with Crippen LogP contribution in [0.15, 0.2) is 89.0 Å². The second kappa shape index (κ2) is 11.3. The highest BCUT2D eigenvalue weighted by atomic mass is 16.5. The minimum Gasteiger partial charge on any atom is -0.456 e. The summed E-state index contributed by atoms with van der Waals surface area (Å²) in [6, 6.07) is 24.5. The lowest BCUT2D eigenvalue weighted by molar-refractivity contribution is -0.114. The standard InChI is InChI=1S/C35H34N6O3/c1-5-40(6-2)31-21-33-30(19-22(31)3)35(29-16-11-24(36)20-32(29)44-33)28-10-8-7-9-27(28)34(43)41(35)38-18-17-37-25-12-14-26(15-13-25)39-23(4)42/h7-21H,5-6,36H2,1-4H3,(H,39,42). The van der Waals surface area contributed by atoms with Crippen LogP contribution >= 0.6 is 0 Å². The number of hydrogen-bond donors (Lipinski definition) is 2. The van der Waals surface area contributed by atoms with Gasteiger partial charge in [0.2, 0.25) is 5.91 Å². The van der Waals surface area contributed by atoms with Crippen LogP contribution in [0.2, 0.25) is 0 Å². The topological polar surface area (TPSA) is 113 Å². The molecule has 3 N–H and O–H groups in total. The molecule has 1 spiro atoms. The summed E-state index contributed by atoms with van der Waals surface area (Å²) in [5.74, 6) is 0.848. The molecule has 4 aromatic rings. The number of rotatable bonds is 7. The van der Waals surface area contributed by atoms with Gasteiger partial charge >= 0.3 is 0 Å². The first-order valence-electron chi connectivity index (χ1n) is 14.6. The molecule has 2 heterocycles. The van der Waals surface area contributed by atoms with Crippen molar-refractivity contribution in [3.63, 3.8) is 0 Å². The summed E-state index contributed by atoms with van der Waals surface area (Å²) < 4.78 is 6.55. The third-order valence-corrected chi connectivity index (χ3v) is 8.12. The van der Waals surface area contributed by atoms with Gasteiger partial charge in [0.25, 0.3) is 5.91 Å². The molecule has 6 rings (SSSR count). The van der Waals surface area contributed by atoms with Crippen LogP contribution in [0.5, 0.6) is 11.5 Å². The van der Waals surface area contributed by atoms with Gasteiger partial charge in [-0.05, 0) is 68.8 Å². The zero-order chi connectivity index (χ0) is 31.0. The van der Waals surface area contributed by atoms with Gasteiger partial charge in [-0.15, -0.1) is 0 Å². The Labute approximate surface area is 256 Å². The minimum atomic E-state index is -1.10. The normalized spacial score (nSPS) is 16.6. The van der Waals surface area contributed by atoms with E-state index in [9.17, 15) is 9.59 Å². The van der Waals surface area contributed by atoms with Crippen molar-refractivity contribution in [3.8, 4) is 11.5 Å². The Hall–Kier alpha value is -5.44. The highest BCUT2D eigenvalue weighted by molar-refractivity contribution is 6.17. The Bertz CT molecular complexity index is 1830. The van der Waals surface area contributed by atoms with Crippen molar-refractivity contribution in [2.24, 2.45) is 10.1 Å². The number of aryl methyl sites for hydroxylation is 1. The van der Waals surface area contributed by atoms with E-state index in [1.54, 1.807) is 36.5 Å². The van der Waals surface area contributed by atoms with Crippen molar-refractivity contribution in [2.45, 2.75) is 33.2 Å². The van der Waals surface area contributed by atoms with E-state index in [-0.39, 0.29) is 11.8 Å². The van der Waals surface area contributed by atoms with Crippen molar-refractivity contribution >= 4 is 47.0 Å². The molecule has 1 unspecified atom stereocenters. The summed E-state index contributed by atoms with van der Waals surface area (Å²) in [7, 11) is 0. The second-order valence-electron chi connectivity index (χ2n) is 10.8. The average molecular weight is 587 g/mol. The van der Waals surface area contributed by atoms with Gasteiger partial charge < -0.3 is 20.7 Å². The number of nitrogens with one attached hydrogen (secondary N) is 1. The van der Waals surface area contributed by atoms with Crippen LogP contribution in [-0.2, 0) is 10.3 Å². The molecular weight excluding hydrogens is 552 g/mol. The lowest BCUT2D eigenvalue weighted by Crippen LogP contribution is -2.44. The summed E-state index contributed by atoms with van der Waals surface area (Å²) >= 11 is 0. The maximum atomic E-state index is 14.2. The predicted octanol–water partition coefficient (Wildman–Crippen LogP) is 6.62. The van der Waals surface area contributed by atoms with E-state index in [2.05, 4.69) is 48.1 Å². The number of hydrazone groups is 1. The van der Waals surface area contributed by atoms with Gasteiger partial charge in [0.15, 0.2) is 0 Å². The third kappa shape index (κ3) is 4.66. The molecule has 0 fully saturated rings. The molecular formula is C35H34N6O3. The number of fused-ring (bicyclic) bond motifs is 6. The zero-order valence-electron chi connectivity index (χ0n) is 25.2. The Balaban J connectivity index is 1.50. The number of amides is 2. The van der Waals surface area contributed by atoms with Gasteiger partial charge in [-0.25, -0.2) is 5.01 Å². The molecule has 0 aliphatic carbocycles. The third-order valence-electron chi connectivity index (χ3n) is 8.12. The van der Waals surface area contributed by atoms with Crippen molar-refractivity contribution in [1.29, 1.82) is 0 Å². The van der Waals surface area contributed by atoms with Gasteiger partial charge in [-0.1, -0.05) is 24.3 Å². The van der Waals surface area contributed by atoms with Crippen molar-refractivity contribution in [2.75, 3.05) is 29.0 Å². The van der Waals surface area contributed by atoms with E-state index < -0.39 is 5.54 Å². The van der Waals surface area contributed by atoms with E-state index in [0.29, 0.717) is 34.1 Å². The fourth-order valence-corrected chi connectivity index (χ4v) is 6.21. The molecule has 0 radical (unpaired) electrons. The highest BCUT2D eigenvalue weighted by Crippen LogP contribution is 2.58. The molecule has 1 atom stereocenters. The number of benzene rings is 4. The maximum absolute atomic E-state index is 14.2. The molecule has 9 heteroatoms. The SMILES string of the molecule is CCN(CC)c1cc2c(cc1C)C1(c3ccc(N)cc3O2)c2ccccc2C(=O)N1N=CC=Nc1ccc(NC(C)=O)cc1. The molecule has 2 aliphatic rings. The number of aliphatic imine (C=N–C) groups is 1. The second-order valence-corrected chi connectivity index (χ2v) is 10.8. The van der Waals surface area contributed by atoms with E-state index in [1.165, 1.54) is 18.1 Å². The summed E-state index contributed by atoms with van der Waals surface area (Å²) in [4.78, 5) is 32.3. The quantitative estimate of drug-likeness (QED) is 0.187. The predicted molar refractivity (Wildman–Crippen MR) is 176 cm³/mol. The lowest BCUT2D eigenvalue weighted by Gasteiger charge is -2.42. The fraction of sp³-hybridized carbons (Fsp3) is 0.200. The molecule has 0 saturated carbocycles. The molecule has 222 valence electrons. The smallest absolute Gasteiger partial charge is 0.275 e. The number of carbonyl (C=O) groups is 2. The molecule has 44 heavy (non-hydrogen) atoms. The zero-order valence-corrected chi connectivity index (χ0v) is 25.2. The van der Waals surface area contributed by atoms with E-state index in [1.807, 2.05) is 36.4 Å². The minimum absolute atomic E-state index is 0.142. The van der Waals surface area contributed by atoms with Crippen LogP contribution in [-0.4, -0.2) is 42.3 Å². The van der Waals surface area contributed by atoms with Gasteiger partial charge in [0, 0.05) is 77.7 Å². The van der Waals surface area contributed by atoms with E-state index in [4.69, 9.17) is 15.6 Å². The number of nitrogens with two attached hydrogens (primary N) is 1. The van der Waals surface area contributed by atoms with Crippen LogP contribution in [0.1, 0.15) is 53.4 Å². The summed E-state index contributed by atoms with van der Waals surface area (Å²) in [6.45, 7) is 9.49. The largest absolute Gasteiger partial charge is 0.456 e. The molecule has 9 nitrogen and oxygen atoms in total. The van der Waals surface area contributed by atoms with Gasteiger partial charge in [0.05, 0.1) is 11.9 Å². The number of anilines is 3. The summed E-state index contributed by atoms with van der Waals surface area (Å²) in [5, 5.41) is 9.04. The van der Waals surface area contributed by atoms with Crippen molar-refractivity contribution in [1.82, 2.24) is 5.01 Å². The Morgan fingerprint density at radius 3 is 2.41 bits per heavy atom. The van der Waals surface area contributed by atoms with Crippen LogP contribution < -0.4 is 20.7 Å². The first-order chi connectivity index (χ1) is 21.3. The average Bonchev–Trinajstić information content (AvgIpc) is 3.25. The van der Waals surface area contributed by atoms with Crippen LogP contribution in [0, 0.1) is 6.92 Å². The first kappa shape index (κ1) is 28.7. The number of nitrogen functional groups attached to an aromatic ring is 1. The van der Waals surface area contributed by atoms with Gasteiger partial charge in [0.1, 0.15) is 17.0 Å². The number of ether oxygens (including phenoxy) is 1. The van der Waals surface area contributed by atoms with Crippen LogP contribution in [0.3, 0.4) is 0 Å². The van der Waals surface area contributed by atoms with E-state index >= 15 is 0 Å². The monoisotopic (exact) mass is 586 g/mol. The number of carbonyl (C=O) groups excluding carboxylic acids is 2. The molecule has 0 bridgehead atoms. The Morgan fingerprint density at radius 2 is 1.68 bits per heavy atom. The molecule has 0 saturated heterocycles. The molecule has 4 aromatic carbocycles. The Morgan fingerprint density at radius 1 is 0.955 bits per heavy atom. The lowest BCUT2D eigenvalue weighted by atomic mass is 9.74. The number of nitrogens with zero attached hydrogens (tertiary/aromatic N) is 4. The number of hydrogen-bond acceptors (Lipinski definition) is 7. The highest BCUT2D eigenvalue weighted by Gasteiger charge is 2.57. The van der Waals surface area contributed by atoms with Crippen LogP contribution in [0.4, 0.5) is 22.7 Å². The van der Waals surface area contributed by atoms with Gasteiger partial charge in [-0.3, -0.25) is 14.6 Å². The summed E-state index contributed by atoms with van der Waals surface area (Å²) in [6.07, 6.45) is 3.08. The fourth-order valence-electron chi connectivity index (χ4n) is 6.21.